The van der Waals surface area contributed by atoms with Crippen molar-refractivity contribution in [3.63, 3.8) is 0 Å². The topological polar surface area (TPSA) is 13.1 Å². The highest BCUT2D eigenvalue weighted by Gasteiger charge is 2.20. The van der Waals surface area contributed by atoms with Gasteiger partial charge >= 0.3 is 0 Å². The second-order valence-corrected chi connectivity index (χ2v) is 11.9. The quantitative estimate of drug-likeness (QED) is 0.176. The minimum Gasteiger partial charge on any atom is -0.456 e. The second kappa shape index (κ2) is 11.1. The first-order chi connectivity index (χ1) is 29.3. The van der Waals surface area contributed by atoms with Crippen LogP contribution in [0.25, 0.3) is 98.8 Å². The zero-order valence-electron chi connectivity index (χ0n) is 37.8. The summed E-state index contributed by atoms with van der Waals surface area (Å²) in [6, 6.07) is 30.2. The molecule has 1 nitrogen and oxygen atoms in total. The largest absolute Gasteiger partial charge is 0.456 e. The van der Waals surface area contributed by atoms with Gasteiger partial charge in [-0.05, 0) is 95.0 Å². The fourth-order valence-corrected chi connectivity index (χ4v) is 7.15. The van der Waals surface area contributed by atoms with E-state index in [0.29, 0.717) is 22.3 Å². The molecule has 0 aliphatic heterocycles. The predicted molar refractivity (Wildman–Crippen MR) is 208 cm³/mol. The van der Waals surface area contributed by atoms with Gasteiger partial charge in [0.15, 0.2) is 0 Å². The summed E-state index contributed by atoms with van der Waals surface area (Å²) in [5.74, 6) is 0. The molecule has 0 amide bonds. The molecule has 1 aromatic heterocycles. The summed E-state index contributed by atoms with van der Waals surface area (Å²) in [6.45, 7) is 0. The van der Waals surface area contributed by atoms with Crippen molar-refractivity contribution < 1.29 is 20.9 Å². The number of furan rings is 1. The molecule has 0 spiro atoms. The summed E-state index contributed by atoms with van der Waals surface area (Å²) in [7, 11) is 0. The van der Waals surface area contributed by atoms with Crippen LogP contribution in [0.4, 0.5) is 0 Å². The third-order valence-corrected chi connectivity index (χ3v) is 9.26. The Labute approximate surface area is 301 Å². The maximum absolute atomic E-state index is 8.87. The molecule has 10 rings (SSSR count). The minimum absolute atomic E-state index is 0.0382. The van der Waals surface area contributed by atoms with E-state index in [2.05, 4.69) is 30.3 Å². The number of benzene rings is 9. The van der Waals surface area contributed by atoms with Crippen molar-refractivity contribution in [3.05, 3.63) is 182 Å². The summed E-state index contributed by atoms with van der Waals surface area (Å²) >= 11 is 0. The third-order valence-electron chi connectivity index (χ3n) is 9.26. The van der Waals surface area contributed by atoms with Gasteiger partial charge in [0.2, 0.25) is 0 Å². The molecule has 0 atom stereocenters. The van der Waals surface area contributed by atoms with Gasteiger partial charge in [-0.3, -0.25) is 0 Å². The van der Waals surface area contributed by atoms with Gasteiger partial charge in [0.1, 0.15) is 11.2 Å². The fraction of sp³-hybridized carbons (Fsp3) is 0. The van der Waals surface area contributed by atoms with E-state index in [4.69, 9.17) is 20.9 Å². The molecule has 0 fully saturated rings. The maximum Gasteiger partial charge on any atom is 0.136 e. The first-order valence-electron chi connectivity index (χ1n) is 21.9. The van der Waals surface area contributed by atoms with Crippen molar-refractivity contribution in [1.29, 1.82) is 0 Å². The van der Waals surface area contributed by atoms with E-state index in [1.165, 1.54) is 0 Å². The zero-order chi connectivity index (χ0) is 42.8. The van der Waals surface area contributed by atoms with E-state index < -0.39 is 48.3 Å². The van der Waals surface area contributed by atoms with Gasteiger partial charge < -0.3 is 4.42 Å². The van der Waals surface area contributed by atoms with Crippen molar-refractivity contribution in [2.24, 2.45) is 0 Å². The van der Waals surface area contributed by atoms with Crippen LogP contribution in [0, 0.1) is 0 Å². The predicted octanol–water partition coefficient (Wildman–Crippen LogP) is 13.7. The minimum atomic E-state index is -0.495. The summed E-state index contributed by atoms with van der Waals surface area (Å²) < 4.78 is 108. The van der Waals surface area contributed by atoms with Gasteiger partial charge in [0.25, 0.3) is 0 Å². The SMILES string of the molecule is [2H]c1c([2H])c([2H])c(-c2ccc3c(c2)oc2cccc(-c4c5ccccc5c(-c5ccc(-c6c([2H])c([2H])c([2H])c7c([2H])c([2H])c([2H])c([2H])c67)cc5)c5ccccc45)c23)c([2H])c1[2H]. The fourth-order valence-electron chi connectivity index (χ4n) is 7.15. The molecular formula is C48H30O. The van der Waals surface area contributed by atoms with Gasteiger partial charge in [-0.25, -0.2) is 0 Å². The zero-order valence-corrected chi connectivity index (χ0v) is 25.8. The lowest BCUT2D eigenvalue weighted by molar-refractivity contribution is 0.669. The highest BCUT2D eigenvalue weighted by molar-refractivity contribution is 6.25. The average Bonchev–Trinajstić information content (AvgIpc) is 3.66. The molecule has 0 N–H and O–H groups in total. The van der Waals surface area contributed by atoms with Crippen LogP contribution in [0.3, 0.4) is 0 Å². The van der Waals surface area contributed by atoms with Gasteiger partial charge in [0, 0.05) is 10.8 Å². The first kappa shape index (κ1) is 18.2. The van der Waals surface area contributed by atoms with Crippen molar-refractivity contribution >= 4 is 54.3 Å². The van der Waals surface area contributed by atoms with Gasteiger partial charge in [0.05, 0.1) is 16.4 Å². The molecule has 0 saturated carbocycles. The van der Waals surface area contributed by atoms with Gasteiger partial charge in [-0.1, -0.05) is 164 Å². The summed E-state index contributed by atoms with van der Waals surface area (Å²) in [5.41, 5.74) is 6.03. The normalized spacial score (nSPS) is 15.1. The van der Waals surface area contributed by atoms with Crippen molar-refractivity contribution in [3.8, 4) is 44.5 Å². The van der Waals surface area contributed by atoms with E-state index in [1.807, 2.05) is 54.6 Å². The lowest BCUT2D eigenvalue weighted by Gasteiger charge is -2.18. The van der Waals surface area contributed by atoms with Crippen LogP contribution in [0.5, 0.6) is 0 Å². The maximum atomic E-state index is 8.87. The summed E-state index contributed by atoms with van der Waals surface area (Å²) in [5, 5.41) is 5.48. The molecule has 0 radical (unpaired) electrons. The highest BCUT2D eigenvalue weighted by Crippen LogP contribution is 2.47. The van der Waals surface area contributed by atoms with Crippen LogP contribution in [0.1, 0.15) is 16.4 Å². The Hall–Kier alpha value is -6.44. The van der Waals surface area contributed by atoms with Gasteiger partial charge in [-0.2, -0.15) is 0 Å². The summed E-state index contributed by atoms with van der Waals surface area (Å²) in [6.07, 6.45) is 0. The van der Waals surface area contributed by atoms with E-state index in [0.717, 1.165) is 54.6 Å². The van der Waals surface area contributed by atoms with E-state index in [-0.39, 0.29) is 46.1 Å². The number of rotatable bonds is 4. The number of hydrogen-bond donors (Lipinski definition) is 0. The molecule has 1 heterocycles. The third kappa shape index (κ3) is 4.40. The smallest absolute Gasteiger partial charge is 0.136 e. The number of hydrogen-bond acceptors (Lipinski definition) is 1. The molecule has 0 saturated heterocycles. The Morgan fingerprint density at radius 3 is 1.76 bits per heavy atom. The highest BCUT2D eigenvalue weighted by atomic mass is 16.3. The van der Waals surface area contributed by atoms with E-state index in [1.54, 1.807) is 24.3 Å². The Kier molecular flexibility index (Phi) is 4.11. The number of fused-ring (bicyclic) bond motifs is 6. The Morgan fingerprint density at radius 2 is 1.00 bits per heavy atom. The first-order valence-corrected chi connectivity index (χ1v) is 15.9. The lowest BCUT2D eigenvalue weighted by atomic mass is 9.84. The van der Waals surface area contributed by atoms with Crippen LogP contribution in [0.2, 0.25) is 0 Å². The molecule has 228 valence electrons. The average molecular weight is 635 g/mol. The van der Waals surface area contributed by atoms with Crippen molar-refractivity contribution in [2.45, 2.75) is 0 Å². The van der Waals surface area contributed by atoms with Crippen LogP contribution >= 0.6 is 0 Å². The molecule has 1 heteroatoms. The van der Waals surface area contributed by atoms with Crippen molar-refractivity contribution in [1.82, 2.24) is 0 Å². The Morgan fingerprint density at radius 1 is 0.367 bits per heavy atom. The summed E-state index contributed by atoms with van der Waals surface area (Å²) in [4.78, 5) is 0. The molecule has 0 bridgehead atoms. The monoisotopic (exact) mass is 634 g/mol. The Bertz CT molecular complexity index is 3460. The molecule has 0 aliphatic rings. The van der Waals surface area contributed by atoms with Crippen LogP contribution in [0.15, 0.2) is 186 Å². The van der Waals surface area contributed by atoms with Crippen LogP contribution in [-0.2, 0) is 0 Å². The van der Waals surface area contributed by atoms with E-state index >= 15 is 0 Å². The second-order valence-electron chi connectivity index (χ2n) is 11.9. The van der Waals surface area contributed by atoms with Gasteiger partial charge in [-0.15, -0.1) is 0 Å². The molecular weight excluding hydrogens is 593 g/mol. The lowest BCUT2D eigenvalue weighted by Crippen LogP contribution is -1.91. The molecule has 49 heavy (non-hydrogen) atoms. The van der Waals surface area contributed by atoms with Crippen LogP contribution < -0.4 is 0 Å². The molecule has 0 aliphatic carbocycles. The van der Waals surface area contributed by atoms with Crippen LogP contribution in [-0.4, -0.2) is 0 Å². The van der Waals surface area contributed by atoms with E-state index in [9.17, 15) is 0 Å². The molecule has 10 aromatic rings. The molecule has 0 unspecified atom stereocenters. The van der Waals surface area contributed by atoms with Crippen molar-refractivity contribution in [2.75, 3.05) is 0 Å². The standard InChI is InChI=1S/C48H30O/c1-2-12-31(13-3-1)35-28-29-42-45(30-35)49-44-23-11-22-43(48(42)44)47-40-19-8-6-17-38(40)46(39-18-7-9-20-41(39)47)34-26-24-33(25-27-34)37-21-10-15-32-14-4-5-16-36(32)37/h1-30H/i1D,2D,3D,4D,5D,10D,12D,13D,14D,15D,16D,21D. The Balaban J connectivity index is 1.18. The molecule has 9 aromatic carbocycles.